The fourth-order valence-electron chi connectivity index (χ4n) is 1.75. The minimum Gasteiger partial charge on any atom is -0.359 e. The Morgan fingerprint density at radius 3 is 2.28 bits per heavy atom. The maximum Gasteiger partial charge on any atom is 0.265 e. The summed E-state index contributed by atoms with van der Waals surface area (Å²) in [6, 6.07) is 0. The summed E-state index contributed by atoms with van der Waals surface area (Å²) >= 11 is 0. The van der Waals surface area contributed by atoms with Crippen molar-refractivity contribution in [1.29, 1.82) is 0 Å². The second kappa shape index (κ2) is 4.13. The van der Waals surface area contributed by atoms with Crippen LogP contribution in [0.3, 0.4) is 0 Å². The quantitative estimate of drug-likeness (QED) is 0.878. The molecule has 98 valence electrons. The molecule has 0 spiro atoms. The normalized spacial score (nSPS) is 11.8. The van der Waals surface area contributed by atoms with E-state index in [0.29, 0.717) is 28.5 Å². The zero-order valence-corrected chi connectivity index (χ0v) is 11.3. The lowest BCUT2D eigenvalue weighted by Crippen LogP contribution is -2.15. The summed E-state index contributed by atoms with van der Waals surface area (Å²) < 4.78 is 31.9. The number of aromatic amines is 1. The molecule has 0 aliphatic carbocycles. The topological polar surface area (TPSA) is 101 Å². The second-order valence-electron chi connectivity index (χ2n) is 4.07. The van der Waals surface area contributed by atoms with Crippen molar-refractivity contribution in [3.63, 3.8) is 0 Å². The lowest BCUT2D eigenvalue weighted by Gasteiger charge is -2.07. The monoisotopic (exact) mass is 270 g/mol. The molecule has 0 aliphatic rings. The van der Waals surface area contributed by atoms with E-state index in [2.05, 4.69) is 20.1 Å². The number of H-pyrrole nitrogens is 1. The van der Waals surface area contributed by atoms with Crippen molar-refractivity contribution in [3.05, 3.63) is 22.8 Å². The molecule has 0 fully saturated rings. The van der Waals surface area contributed by atoms with Gasteiger partial charge < -0.3 is 4.52 Å². The van der Waals surface area contributed by atoms with E-state index in [-0.39, 0.29) is 4.90 Å². The van der Waals surface area contributed by atoms with Gasteiger partial charge in [0.05, 0.1) is 11.4 Å². The molecule has 2 aromatic heterocycles. The van der Waals surface area contributed by atoms with Crippen LogP contribution in [0.15, 0.2) is 9.42 Å². The second-order valence-corrected chi connectivity index (χ2v) is 5.69. The van der Waals surface area contributed by atoms with E-state index in [1.54, 1.807) is 27.7 Å². The molecule has 8 heteroatoms. The fraction of sp³-hybridized carbons (Fsp3) is 0.400. The van der Waals surface area contributed by atoms with Crippen LogP contribution in [0.2, 0.25) is 0 Å². The smallest absolute Gasteiger partial charge is 0.265 e. The first-order valence-electron chi connectivity index (χ1n) is 5.30. The van der Waals surface area contributed by atoms with Crippen LogP contribution in [0.4, 0.5) is 5.69 Å². The Labute approximate surface area is 105 Å². The number of rotatable bonds is 3. The van der Waals surface area contributed by atoms with Gasteiger partial charge in [-0.05, 0) is 27.7 Å². The summed E-state index contributed by atoms with van der Waals surface area (Å²) in [5, 5.41) is 10.2. The Balaban J connectivity index is 2.46. The Hall–Kier alpha value is -1.83. The first-order chi connectivity index (χ1) is 8.33. The van der Waals surface area contributed by atoms with E-state index in [0.717, 1.165) is 0 Å². The van der Waals surface area contributed by atoms with Gasteiger partial charge in [0.25, 0.3) is 10.0 Å². The molecule has 0 amide bonds. The summed E-state index contributed by atoms with van der Waals surface area (Å²) in [5.74, 6) is 0.426. The van der Waals surface area contributed by atoms with Crippen molar-refractivity contribution < 1.29 is 12.9 Å². The molecule has 2 aromatic rings. The Bertz CT molecular complexity index is 645. The average molecular weight is 270 g/mol. The van der Waals surface area contributed by atoms with E-state index in [9.17, 15) is 8.42 Å². The number of aryl methyl sites for hydroxylation is 4. The highest BCUT2D eigenvalue weighted by Gasteiger charge is 2.24. The minimum atomic E-state index is -3.69. The van der Waals surface area contributed by atoms with Crippen LogP contribution in [0.25, 0.3) is 0 Å². The molecule has 0 aromatic carbocycles. The van der Waals surface area contributed by atoms with Crippen LogP contribution in [0, 0.1) is 27.7 Å². The van der Waals surface area contributed by atoms with Crippen molar-refractivity contribution in [2.45, 2.75) is 32.6 Å². The van der Waals surface area contributed by atoms with Gasteiger partial charge in [0.1, 0.15) is 16.3 Å². The molecule has 7 nitrogen and oxygen atoms in total. The van der Waals surface area contributed by atoms with E-state index in [4.69, 9.17) is 4.52 Å². The molecule has 2 N–H and O–H groups in total. The highest BCUT2D eigenvalue weighted by molar-refractivity contribution is 7.92. The maximum absolute atomic E-state index is 12.3. The van der Waals surface area contributed by atoms with Crippen LogP contribution < -0.4 is 4.72 Å². The largest absolute Gasteiger partial charge is 0.359 e. The minimum absolute atomic E-state index is 0.155. The molecule has 0 saturated heterocycles. The number of sulfonamides is 1. The van der Waals surface area contributed by atoms with Crippen LogP contribution in [0.1, 0.15) is 22.8 Å². The first-order valence-corrected chi connectivity index (χ1v) is 6.78. The van der Waals surface area contributed by atoms with E-state index in [1.807, 2.05) is 0 Å². The van der Waals surface area contributed by atoms with Crippen LogP contribution in [-0.2, 0) is 10.0 Å². The van der Waals surface area contributed by atoms with Gasteiger partial charge in [-0.25, -0.2) is 8.42 Å². The summed E-state index contributed by atoms with van der Waals surface area (Å²) in [7, 11) is -3.69. The van der Waals surface area contributed by atoms with Crippen molar-refractivity contribution >= 4 is 15.7 Å². The molecule has 0 saturated carbocycles. The predicted molar refractivity (Wildman–Crippen MR) is 64.8 cm³/mol. The molecule has 2 rings (SSSR count). The van der Waals surface area contributed by atoms with Crippen molar-refractivity contribution in [2.75, 3.05) is 4.72 Å². The lowest BCUT2D eigenvalue weighted by molar-refractivity contribution is 0.393. The summed E-state index contributed by atoms with van der Waals surface area (Å²) in [5.41, 5.74) is 1.78. The SMILES string of the molecule is Cc1noc(C)c1NS(=O)(=O)c1c(C)n[nH]c1C. The highest BCUT2D eigenvalue weighted by Crippen LogP contribution is 2.25. The molecule has 18 heavy (non-hydrogen) atoms. The van der Waals surface area contributed by atoms with Gasteiger partial charge >= 0.3 is 0 Å². The van der Waals surface area contributed by atoms with Crippen LogP contribution in [-0.4, -0.2) is 23.8 Å². The number of anilines is 1. The predicted octanol–water partition coefficient (Wildman–Crippen LogP) is 1.43. The maximum atomic E-state index is 12.3. The van der Waals surface area contributed by atoms with E-state index < -0.39 is 10.0 Å². The van der Waals surface area contributed by atoms with E-state index >= 15 is 0 Å². The standard InChI is InChI=1S/C10H14N4O3S/c1-5-9(8(4)17-13-5)14-18(15,16)10-6(2)11-12-7(10)3/h14H,1-4H3,(H,11,12). The molecule has 2 heterocycles. The molecule has 0 unspecified atom stereocenters. The number of hydrogen-bond donors (Lipinski definition) is 2. The molecular weight excluding hydrogens is 256 g/mol. The van der Waals surface area contributed by atoms with Gasteiger partial charge in [0, 0.05) is 0 Å². The zero-order valence-electron chi connectivity index (χ0n) is 10.5. The van der Waals surface area contributed by atoms with Gasteiger partial charge in [-0.2, -0.15) is 5.10 Å². The molecule has 0 atom stereocenters. The third-order valence-corrected chi connectivity index (χ3v) is 4.21. The highest BCUT2D eigenvalue weighted by atomic mass is 32.2. The van der Waals surface area contributed by atoms with Crippen molar-refractivity contribution in [1.82, 2.24) is 15.4 Å². The molecule has 0 bridgehead atoms. The molecule has 0 radical (unpaired) electrons. The third-order valence-electron chi connectivity index (χ3n) is 2.60. The summed E-state index contributed by atoms with van der Waals surface area (Å²) in [6.45, 7) is 6.60. The number of hydrogen-bond acceptors (Lipinski definition) is 5. The number of nitrogens with one attached hydrogen (secondary N) is 2. The molecule has 0 aliphatic heterocycles. The summed E-state index contributed by atoms with van der Waals surface area (Å²) in [6.07, 6.45) is 0. The Morgan fingerprint density at radius 2 is 1.83 bits per heavy atom. The number of aromatic nitrogens is 3. The van der Waals surface area contributed by atoms with Crippen molar-refractivity contribution in [2.24, 2.45) is 0 Å². The first kappa shape index (κ1) is 12.6. The van der Waals surface area contributed by atoms with E-state index in [1.165, 1.54) is 0 Å². The van der Waals surface area contributed by atoms with Crippen molar-refractivity contribution in [3.8, 4) is 0 Å². The average Bonchev–Trinajstić information content (AvgIpc) is 2.76. The van der Waals surface area contributed by atoms with Gasteiger partial charge in [0.2, 0.25) is 0 Å². The zero-order chi connectivity index (χ0) is 13.5. The van der Waals surface area contributed by atoms with Crippen LogP contribution in [0.5, 0.6) is 0 Å². The Morgan fingerprint density at radius 1 is 1.17 bits per heavy atom. The van der Waals surface area contributed by atoms with Gasteiger partial charge in [-0.1, -0.05) is 5.16 Å². The lowest BCUT2D eigenvalue weighted by atomic mass is 10.3. The van der Waals surface area contributed by atoms with Gasteiger partial charge in [-0.3, -0.25) is 9.82 Å². The summed E-state index contributed by atoms with van der Waals surface area (Å²) in [4.78, 5) is 0.155. The third kappa shape index (κ3) is 1.99. The fourth-order valence-corrected chi connectivity index (χ4v) is 3.30. The number of nitrogens with zero attached hydrogens (tertiary/aromatic N) is 2. The van der Waals surface area contributed by atoms with Gasteiger partial charge in [-0.15, -0.1) is 0 Å². The van der Waals surface area contributed by atoms with Crippen LogP contribution >= 0.6 is 0 Å². The van der Waals surface area contributed by atoms with Gasteiger partial charge in [0.15, 0.2) is 5.76 Å². The Kier molecular flexibility index (Phi) is 2.89. The molecular formula is C10H14N4O3S.